The number of hydrogen-bond donors (Lipinski definition) is 1. The van der Waals surface area contributed by atoms with Crippen LogP contribution in [0.5, 0.6) is 5.75 Å². The number of hydrogen-bond acceptors (Lipinski definition) is 3. The van der Waals surface area contributed by atoms with Crippen molar-refractivity contribution in [2.75, 3.05) is 12.8 Å². The summed E-state index contributed by atoms with van der Waals surface area (Å²) in [6, 6.07) is 9.76. The SMILES string of the molecule is COc1ccccc1-c1nc2c(C)cc(Br)cn2c1N. The number of nitrogen functional groups attached to an aromatic ring is 1. The molecule has 0 aliphatic carbocycles. The number of imidazole rings is 1. The van der Waals surface area contributed by atoms with Crippen LogP contribution in [0.15, 0.2) is 41.0 Å². The van der Waals surface area contributed by atoms with Gasteiger partial charge >= 0.3 is 0 Å². The van der Waals surface area contributed by atoms with E-state index in [0.29, 0.717) is 5.82 Å². The normalized spacial score (nSPS) is 10.9. The third-order valence-corrected chi connectivity index (χ3v) is 3.70. The molecule has 20 heavy (non-hydrogen) atoms. The maximum Gasteiger partial charge on any atom is 0.142 e. The third kappa shape index (κ3) is 1.94. The van der Waals surface area contributed by atoms with Crippen molar-refractivity contribution in [3.8, 4) is 17.0 Å². The van der Waals surface area contributed by atoms with Gasteiger partial charge in [0.1, 0.15) is 22.9 Å². The zero-order chi connectivity index (χ0) is 14.3. The second kappa shape index (κ2) is 4.83. The number of fused-ring (bicyclic) bond motifs is 1. The van der Waals surface area contributed by atoms with E-state index in [2.05, 4.69) is 20.9 Å². The van der Waals surface area contributed by atoms with Gasteiger partial charge in [0.05, 0.1) is 7.11 Å². The Morgan fingerprint density at radius 1 is 1.30 bits per heavy atom. The number of anilines is 1. The van der Waals surface area contributed by atoms with Crippen molar-refractivity contribution in [1.82, 2.24) is 9.38 Å². The maximum atomic E-state index is 6.26. The van der Waals surface area contributed by atoms with E-state index in [4.69, 9.17) is 10.5 Å². The van der Waals surface area contributed by atoms with E-state index in [1.54, 1.807) is 7.11 Å². The minimum atomic E-state index is 0.605. The van der Waals surface area contributed by atoms with Gasteiger partial charge in [-0.1, -0.05) is 12.1 Å². The number of nitrogens with two attached hydrogens (primary N) is 1. The highest BCUT2D eigenvalue weighted by Gasteiger charge is 2.16. The molecule has 2 heterocycles. The number of aryl methyl sites for hydroxylation is 1. The number of pyridine rings is 1. The first-order chi connectivity index (χ1) is 9.61. The van der Waals surface area contributed by atoms with Crippen LogP contribution >= 0.6 is 15.9 Å². The highest BCUT2D eigenvalue weighted by Crippen LogP contribution is 2.34. The maximum absolute atomic E-state index is 6.26. The summed E-state index contributed by atoms with van der Waals surface area (Å²) in [5, 5.41) is 0. The minimum absolute atomic E-state index is 0.605. The molecule has 102 valence electrons. The first-order valence-electron chi connectivity index (χ1n) is 6.19. The molecule has 0 aliphatic heterocycles. The molecule has 0 radical (unpaired) electrons. The average Bonchev–Trinajstić information content (AvgIpc) is 2.77. The van der Waals surface area contributed by atoms with Gasteiger partial charge in [-0.3, -0.25) is 4.40 Å². The zero-order valence-corrected chi connectivity index (χ0v) is 12.8. The molecule has 0 saturated heterocycles. The number of ether oxygens (including phenoxy) is 1. The van der Waals surface area contributed by atoms with E-state index in [9.17, 15) is 0 Å². The molecule has 1 aromatic carbocycles. The third-order valence-electron chi connectivity index (χ3n) is 3.27. The van der Waals surface area contributed by atoms with Gasteiger partial charge in [-0.2, -0.15) is 0 Å². The Kier molecular flexibility index (Phi) is 3.14. The number of benzene rings is 1. The zero-order valence-electron chi connectivity index (χ0n) is 11.2. The van der Waals surface area contributed by atoms with Gasteiger partial charge in [-0.25, -0.2) is 4.98 Å². The predicted molar refractivity (Wildman–Crippen MR) is 84.0 cm³/mol. The van der Waals surface area contributed by atoms with Gasteiger partial charge in [0.2, 0.25) is 0 Å². The van der Waals surface area contributed by atoms with Crippen LogP contribution in [0, 0.1) is 6.92 Å². The van der Waals surface area contributed by atoms with Crippen LogP contribution in [-0.4, -0.2) is 16.5 Å². The Balaban J connectivity index is 2.32. The molecule has 0 spiro atoms. The van der Waals surface area contributed by atoms with Crippen LogP contribution in [0.2, 0.25) is 0 Å². The topological polar surface area (TPSA) is 52.5 Å². The largest absolute Gasteiger partial charge is 0.496 e. The van der Waals surface area contributed by atoms with Gasteiger partial charge in [-0.15, -0.1) is 0 Å². The predicted octanol–water partition coefficient (Wildman–Crippen LogP) is 3.66. The van der Waals surface area contributed by atoms with Crippen molar-refractivity contribution < 1.29 is 4.74 Å². The molecule has 4 nitrogen and oxygen atoms in total. The molecule has 5 heteroatoms. The second-order valence-electron chi connectivity index (χ2n) is 4.58. The van der Waals surface area contributed by atoms with E-state index < -0.39 is 0 Å². The van der Waals surface area contributed by atoms with E-state index in [1.165, 1.54) is 0 Å². The van der Waals surface area contributed by atoms with Crippen molar-refractivity contribution in [3.63, 3.8) is 0 Å². The molecular weight excluding hydrogens is 318 g/mol. The monoisotopic (exact) mass is 331 g/mol. The molecule has 2 aromatic heterocycles. The lowest BCUT2D eigenvalue weighted by atomic mass is 10.1. The van der Waals surface area contributed by atoms with Crippen LogP contribution in [0.3, 0.4) is 0 Å². The van der Waals surface area contributed by atoms with Crippen molar-refractivity contribution in [1.29, 1.82) is 0 Å². The Hall–Kier alpha value is -2.01. The molecule has 0 fully saturated rings. The average molecular weight is 332 g/mol. The Bertz CT molecular complexity index is 795. The number of nitrogens with zero attached hydrogens (tertiary/aromatic N) is 2. The van der Waals surface area contributed by atoms with E-state index in [0.717, 1.165) is 32.7 Å². The molecule has 0 aliphatic rings. The fourth-order valence-corrected chi connectivity index (χ4v) is 2.87. The fraction of sp³-hybridized carbons (Fsp3) is 0.133. The summed E-state index contributed by atoms with van der Waals surface area (Å²) in [7, 11) is 1.65. The molecular formula is C15H14BrN3O. The molecule has 3 aromatic rings. The number of aromatic nitrogens is 2. The first-order valence-corrected chi connectivity index (χ1v) is 6.98. The first kappa shape index (κ1) is 13.0. The molecule has 0 atom stereocenters. The number of para-hydroxylation sites is 1. The Morgan fingerprint density at radius 3 is 2.80 bits per heavy atom. The summed E-state index contributed by atoms with van der Waals surface area (Å²) in [4.78, 5) is 4.67. The van der Waals surface area contributed by atoms with Crippen LogP contribution in [0.4, 0.5) is 5.82 Å². The molecule has 0 unspecified atom stereocenters. The molecule has 0 saturated carbocycles. The van der Waals surface area contributed by atoms with Crippen LogP contribution in [-0.2, 0) is 0 Å². The van der Waals surface area contributed by atoms with Gasteiger partial charge in [0.15, 0.2) is 0 Å². The fourth-order valence-electron chi connectivity index (χ4n) is 2.32. The Morgan fingerprint density at radius 2 is 2.05 bits per heavy atom. The van der Waals surface area contributed by atoms with Crippen molar-refractivity contribution in [3.05, 3.63) is 46.6 Å². The second-order valence-corrected chi connectivity index (χ2v) is 5.50. The lowest BCUT2D eigenvalue weighted by Gasteiger charge is -2.06. The van der Waals surface area contributed by atoms with Gasteiger partial charge < -0.3 is 10.5 Å². The highest BCUT2D eigenvalue weighted by atomic mass is 79.9. The standard InChI is InChI=1S/C15H14BrN3O/c1-9-7-10(16)8-19-14(17)13(18-15(9)19)11-5-3-4-6-12(11)20-2/h3-8H,17H2,1-2H3. The Labute approximate surface area is 125 Å². The van der Waals surface area contributed by atoms with Gasteiger partial charge in [-0.05, 0) is 46.6 Å². The van der Waals surface area contributed by atoms with Crippen LogP contribution in [0.1, 0.15) is 5.56 Å². The van der Waals surface area contributed by atoms with Crippen molar-refractivity contribution in [2.45, 2.75) is 6.92 Å². The van der Waals surface area contributed by atoms with E-state index >= 15 is 0 Å². The lowest BCUT2D eigenvalue weighted by Crippen LogP contribution is -1.96. The smallest absolute Gasteiger partial charge is 0.142 e. The number of methoxy groups -OCH3 is 1. The summed E-state index contributed by atoms with van der Waals surface area (Å²) < 4.78 is 8.25. The van der Waals surface area contributed by atoms with E-state index in [1.807, 2.05) is 47.9 Å². The summed E-state index contributed by atoms with van der Waals surface area (Å²) in [5.41, 5.74) is 9.81. The van der Waals surface area contributed by atoms with Gasteiger partial charge in [0, 0.05) is 16.2 Å². The van der Waals surface area contributed by atoms with E-state index in [-0.39, 0.29) is 0 Å². The van der Waals surface area contributed by atoms with Crippen LogP contribution in [0.25, 0.3) is 16.9 Å². The molecule has 0 amide bonds. The number of halogens is 1. The quantitative estimate of drug-likeness (QED) is 0.779. The van der Waals surface area contributed by atoms with Gasteiger partial charge in [0.25, 0.3) is 0 Å². The van der Waals surface area contributed by atoms with Crippen molar-refractivity contribution in [2.24, 2.45) is 0 Å². The molecule has 3 rings (SSSR count). The molecule has 0 bridgehead atoms. The van der Waals surface area contributed by atoms with Crippen molar-refractivity contribution >= 4 is 27.4 Å². The summed E-state index contributed by atoms with van der Waals surface area (Å²) >= 11 is 3.48. The lowest BCUT2D eigenvalue weighted by molar-refractivity contribution is 0.416. The minimum Gasteiger partial charge on any atom is -0.496 e. The summed E-state index contributed by atoms with van der Waals surface area (Å²) in [5.74, 6) is 1.37. The molecule has 2 N–H and O–H groups in total. The summed E-state index contributed by atoms with van der Waals surface area (Å²) in [6.45, 7) is 2.01. The van der Waals surface area contributed by atoms with Crippen LogP contribution < -0.4 is 10.5 Å². The summed E-state index contributed by atoms with van der Waals surface area (Å²) in [6.07, 6.45) is 1.92. The highest BCUT2D eigenvalue weighted by molar-refractivity contribution is 9.10. The number of rotatable bonds is 2.